The van der Waals surface area contributed by atoms with Gasteiger partial charge in [0, 0.05) is 13.1 Å². The fourth-order valence-electron chi connectivity index (χ4n) is 1.06. The Morgan fingerprint density at radius 3 is 2.67 bits per heavy atom. The van der Waals surface area contributed by atoms with Crippen LogP contribution in [0.1, 0.15) is 30.8 Å². The van der Waals surface area contributed by atoms with Gasteiger partial charge >= 0.3 is 0 Å². The minimum atomic E-state index is -0.174. The Morgan fingerprint density at radius 1 is 1.33 bits per heavy atom. The van der Waals surface area contributed by atoms with E-state index in [9.17, 15) is 4.79 Å². The second-order valence-corrected chi connectivity index (χ2v) is 3.09. The van der Waals surface area contributed by atoms with Gasteiger partial charge in [-0.1, -0.05) is 6.92 Å². The molecular formula is C10H16N4O. The first kappa shape index (κ1) is 11.4. The standard InChI is InChI=1S/C10H16N4O/c1-3-7-12-10(15)8-5-6-9(11-4-2)14-13-8/h5-6H,3-4,7H2,1-2H3,(H,11,14)(H,12,15). The van der Waals surface area contributed by atoms with E-state index < -0.39 is 0 Å². The minimum absolute atomic E-state index is 0.174. The van der Waals surface area contributed by atoms with Gasteiger partial charge in [-0.3, -0.25) is 4.79 Å². The van der Waals surface area contributed by atoms with Crippen molar-refractivity contribution in [2.75, 3.05) is 18.4 Å². The number of hydrogen-bond acceptors (Lipinski definition) is 4. The summed E-state index contributed by atoms with van der Waals surface area (Å²) in [6, 6.07) is 3.41. The van der Waals surface area contributed by atoms with Crippen molar-refractivity contribution in [2.45, 2.75) is 20.3 Å². The van der Waals surface area contributed by atoms with E-state index in [-0.39, 0.29) is 5.91 Å². The third-order valence-corrected chi connectivity index (χ3v) is 1.79. The SMILES string of the molecule is CCCNC(=O)c1ccc(NCC)nn1. The summed E-state index contributed by atoms with van der Waals surface area (Å²) in [6.07, 6.45) is 0.911. The number of carbonyl (C=O) groups is 1. The average molecular weight is 208 g/mol. The van der Waals surface area contributed by atoms with Gasteiger partial charge in [-0.05, 0) is 25.5 Å². The van der Waals surface area contributed by atoms with Crippen LogP contribution >= 0.6 is 0 Å². The lowest BCUT2D eigenvalue weighted by Crippen LogP contribution is -2.25. The summed E-state index contributed by atoms with van der Waals surface area (Å²) in [6.45, 7) is 5.43. The molecule has 0 spiro atoms. The molecule has 2 N–H and O–H groups in total. The first-order valence-electron chi connectivity index (χ1n) is 5.13. The molecule has 15 heavy (non-hydrogen) atoms. The second-order valence-electron chi connectivity index (χ2n) is 3.09. The highest BCUT2D eigenvalue weighted by Gasteiger charge is 2.06. The van der Waals surface area contributed by atoms with Gasteiger partial charge in [0.25, 0.3) is 5.91 Å². The number of carbonyl (C=O) groups excluding carboxylic acids is 1. The summed E-state index contributed by atoms with van der Waals surface area (Å²) in [7, 11) is 0. The van der Waals surface area contributed by atoms with Crippen molar-refractivity contribution in [1.29, 1.82) is 0 Å². The summed E-state index contributed by atoms with van der Waals surface area (Å²) < 4.78 is 0. The molecule has 1 heterocycles. The molecule has 1 amide bonds. The lowest BCUT2D eigenvalue weighted by molar-refractivity contribution is 0.0947. The number of nitrogens with one attached hydrogen (secondary N) is 2. The summed E-state index contributed by atoms with van der Waals surface area (Å²) >= 11 is 0. The largest absolute Gasteiger partial charge is 0.369 e. The molecule has 0 aliphatic carbocycles. The van der Waals surface area contributed by atoms with Crippen LogP contribution in [0.25, 0.3) is 0 Å². The lowest BCUT2D eigenvalue weighted by atomic mass is 10.3. The van der Waals surface area contributed by atoms with E-state index in [0.717, 1.165) is 13.0 Å². The van der Waals surface area contributed by atoms with Gasteiger partial charge in [0.1, 0.15) is 5.82 Å². The van der Waals surface area contributed by atoms with Crippen molar-refractivity contribution < 1.29 is 4.79 Å². The summed E-state index contributed by atoms with van der Waals surface area (Å²) in [5.74, 6) is 0.511. The highest BCUT2D eigenvalue weighted by atomic mass is 16.1. The Hall–Kier alpha value is -1.65. The number of rotatable bonds is 5. The van der Waals surface area contributed by atoms with E-state index in [0.29, 0.717) is 18.1 Å². The van der Waals surface area contributed by atoms with Gasteiger partial charge in [0.05, 0.1) is 0 Å². The van der Waals surface area contributed by atoms with E-state index in [1.165, 1.54) is 0 Å². The predicted octanol–water partition coefficient (Wildman–Crippen LogP) is 1.05. The monoisotopic (exact) mass is 208 g/mol. The first-order valence-corrected chi connectivity index (χ1v) is 5.13. The minimum Gasteiger partial charge on any atom is -0.369 e. The second kappa shape index (κ2) is 5.95. The van der Waals surface area contributed by atoms with Gasteiger partial charge in [-0.25, -0.2) is 0 Å². The third kappa shape index (κ3) is 3.53. The van der Waals surface area contributed by atoms with E-state index in [2.05, 4.69) is 20.8 Å². The maximum Gasteiger partial charge on any atom is 0.271 e. The molecule has 0 aromatic carbocycles. The van der Waals surface area contributed by atoms with Crippen LogP contribution in [-0.2, 0) is 0 Å². The zero-order valence-electron chi connectivity index (χ0n) is 9.08. The molecule has 0 unspecified atom stereocenters. The normalized spacial score (nSPS) is 9.73. The molecule has 0 saturated heterocycles. The molecule has 82 valence electrons. The van der Waals surface area contributed by atoms with Gasteiger partial charge in [-0.2, -0.15) is 0 Å². The molecule has 0 fully saturated rings. The fraction of sp³-hybridized carbons (Fsp3) is 0.500. The lowest BCUT2D eigenvalue weighted by Gasteiger charge is -2.03. The molecule has 0 bridgehead atoms. The van der Waals surface area contributed by atoms with E-state index in [4.69, 9.17) is 0 Å². The molecule has 5 nitrogen and oxygen atoms in total. The molecule has 0 aliphatic rings. The maximum absolute atomic E-state index is 11.4. The van der Waals surface area contributed by atoms with Crippen LogP contribution in [0.3, 0.4) is 0 Å². The number of hydrogen-bond donors (Lipinski definition) is 2. The molecule has 0 atom stereocenters. The molecular weight excluding hydrogens is 192 g/mol. The van der Waals surface area contributed by atoms with Gasteiger partial charge in [0.15, 0.2) is 5.69 Å². The van der Waals surface area contributed by atoms with Gasteiger partial charge in [0.2, 0.25) is 0 Å². The summed E-state index contributed by atoms with van der Waals surface area (Å²) in [5.41, 5.74) is 0.352. The molecule has 1 aromatic rings. The first-order chi connectivity index (χ1) is 7.27. The number of amides is 1. The van der Waals surface area contributed by atoms with Crippen LogP contribution in [0.5, 0.6) is 0 Å². The van der Waals surface area contributed by atoms with Crippen LogP contribution in [0, 0.1) is 0 Å². The van der Waals surface area contributed by atoms with Gasteiger partial charge in [-0.15, -0.1) is 10.2 Å². The Bertz CT molecular complexity index is 310. The zero-order chi connectivity index (χ0) is 11.1. The molecule has 0 saturated carbocycles. The predicted molar refractivity (Wildman–Crippen MR) is 58.8 cm³/mol. The molecule has 5 heteroatoms. The summed E-state index contributed by atoms with van der Waals surface area (Å²) in [4.78, 5) is 11.4. The van der Waals surface area contributed by atoms with Crippen LogP contribution in [0.2, 0.25) is 0 Å². The van der Waals surface area contributed by atoms with E-state index in [1.54, 1.807) is 12.1 Å². The number of anilines is 1. The molecule has 1 rings (SSSR count). The Morgan fingerprint density at radius 2 is 2.13 bits per heavy atom. The third-order valence-electron chi connectivity index (χ3n) is 1.79. The topological polar surface area (TPSA) is 66.9 Å². The highest BCUT2D eigenvalue weighted by molar-refractivity contribution is 5.92. The highest BCUT2D eigenvalue weighted by Crippen LogP contribution is 2.01. The molecule has 1 aromatic heterocycles. The van der Waals surface area contributed by atoms with E-state index >= 15 is 0 Å². The smallest absolute Gasteiger partial charge is 0.271 e. The maximum atomic E-state index is 11.4. The van der Waals surface area contributed by atoms with Crippen molar-refractivity contribution in [3.05, 3.63) is 17.8 Å². The van der Waals surface area contributed by atoms with E-state index in [1.807, 2.05) is 13.8 Å². The number of aromatic nitrogens is 2. The van der Waals surface area contributed by atoms with Crippen LogP contribution < -0.4 is 10.6 Å². The summed E-state index contributed by atoms with van der Waals surface area (Å²) in [5, 5.41) is 13.5. The molecule has 0 radical (unpaired) electrons. The quantitative estimate of drug-likeness (QED) is 0.759. The Balaban J connectivity index is 2.58. The van der Waals surface area contributed by atoms with Crippen molar-refractivity contribution in [1.82, 2.24) is 15.5 Å². The van der Waals surface area contributed by atoms with Crippen LogP contribution in [0.15, 0.2) is 12.1 Å². The van der Waals surface area contributed by atoms with Gasteiger partial charge < -0.3 is 10.6 Å². The average Bonchev–Trinajstić information content (AvgIpc) is 2.27. The van der Waals surface area contributed by atoms with Crippen LogP contribution in [0.4, 0.5) is 5.82 Å². The fourth-order valence-corrected chi connectivity index (χ4v) is 1.06. The van der Waals surface area contributed by atoms with Crippen molar-refractivity contribution in [2.24, 2.45) is 0 Å². The van der Waals surface area contributed by atoms with Crippen molar-refractivity contribution >= 4 is 11.7 Å². The van der Waals surface area contributed by atoms with Crippen molar-refractivity contribution in [3.63, 3.8) is 0 Å². The Labute approximate surface area is 89.3 Å². The number of nitrogens with zero attached hydrogens (tertiary/aromatic N) is 2. The van der Waals surface area contributed by atoms with Crippen molar-refractivity contribution in [3.8, 4) is 0 Å². The van der Waals surface area contributed by atoms with Crippen LogP contribution in [-0.4, -0.2) is 29.2 Å². The zero-order valence-corrected chi connectivity index (χ0v) is 9.08. The Kier molecular flexibility index (Phi) is 4.53. The molecule has 0 aliphatic heterocycles.